The third-order valence-corrected chi connectivity index (χ3v) is 2.64. The minimum Gasteiger partial charge on any atom is -0.810 e. The molecular weight excluding hydrogens is 196 g/mol. The maximum atomic E-state index is 11.8. The lowest BCUT2D eigenvalue weighted by Gasteiger charge is -2.39. The van der Waals surface area contributed by atoms with Gasteiger partial charge in [-0.05, 0) is 6.42 Å². The van der Waals surface area contributed by atoms with E-state index in [-0.39, 0.29) is 6.42 Å². The second-order valence-electron chi connectivity index (χ2n) is 2.39. The first-order valence-corrected chi connectivity index (χ1v) is 4.89. The van der Waals surface area contributed by atoms with Gasteiger partial charge in [-0.25, -0.2) is 0 Å². The first-order chi connectivity index (χ1) is 5.19. The Hall–Kier alpha value is -0.0600. The summed E-state index contributed by atoms with van der Waals surface area (Å²) in [7, 11) is -5.54. The predicted molar refractivity (Wildman–Crippen MR) is 32.4 cm³/mol. The average Bonchev–Trinajstić information content (AvgIpc) is 1.77. The smallest absolute Gasteiger partial charge is 0.396 e. The first-order valence-electron chi connectivity index (χ1n) is 3.28. The molecule has 0 aromatic heterocycles. The number of halogens is 3. The Kier molecular flexibility index (Phi) is 3.75. The van der Waals surface area contributed by atoms with Gasteiger partial charge in [0.05, 0.1) is 5.66 Å². The third-order valence-electron chi connectivity index (χ3n) is 1.32. The van der Waals surface area contributed by atoms with Crippen molar-refractivity contribution in [2.45, 2.75) is 31.6 Å². The zero-order valence-electron chi connectivity index (χ0n) is 6.30. The molecule has 0 aromatic carbocycles. The van der Waals surface area contributed by atoms with Gasteiger partial charge in [-0.3, -0.25) is 0 Å². The molecule has 0 aliphatic rings. The molecule has 0 N–H and O–H groups in total. The van der Waals surface area contributed by atoms with Gasteiger partial charge in [0, 0.05) is 0 Å². The lowest BCUT2D eigenvalue weighted by atomic mass is 10.2. The van der Waals surface area contributed by atoms with Crippen LogP contribution in [0.2, 0.25) is 0 Å². The van der Waals surface area contributed by atoms with Crippen molar-refractivity contribution in [1.82, 2.24) is 0 Å². The Morgan fingerprint density at radius 3 is 1.92 bits per heavy atom. The molecule has 0 saturated heterocycles. The van der Waals surface area contributed by atoms with Gasteiger partial charge >= 0.3 is 6.18 Å². The largest absolute Gasteiger partial charge is 0.810 e. The van der Waals surface area contributed by atoms with Crippen LogP contribution in [0, 0.1) is 0 Å². The van der Waals surface area contributed by atoms with Gasteiger partial charge in [-0.15, -0.1) is 0 Å². The Labute approximate surface area is 67.7 Å². The Balaban J connectivity index is 4.57. The van der Waals surface area contributed by atoms with E-state index in [4.69, 9.17) is 0 Å². The average molecular weight is 204 g/mol. The Morgan fingerprint density at radius 2 is 1.83 bits per heavy atom. The van der Waals surface area contributed by atoms with Crippen molar-refractivity contribution in [3.63, 3.8) is 0 Å². The van der Waals surface area contributed by atoms with Crippen molar-refractivity contribution in [3.05, 3.63) is 0 Å². The summed E-state index contributed by atoms with van der Waals surface area (Å²) in [4.78, 5) is 20.2. The molecule has 12 heavy (non-hydrogen) atoms. The number of rotatable bonds is 3. The van der Waals surface area contributed by atoms with Crippen molar-refractivity contribution < 1.29 is 27.5 Å². The molecule has 0 heterocycles. The fraction of sp³-hybridized carbons (Fsp3) is 1.00. The van der Waals surface area contributed by atoms with Crippen LogP contribution in [0.1, 0.15) is 19.8 Å². The van der Waals surface area contributed by atoms with E-state index in [0.717, 1.165) is 0 Å². The van der Waals surface area contributed by atoms with Crippen molar-refractivity contribution >= 4 is 7.60 Å². The van der Waals surface area contributed by atoms with Crippen molar-refractivity contribution in [2.75, 3.05) is 0 Å². The molecule has 0 aromatic rings. The van der Waals surface area contributed by atoms with Gasteiger partial charge in [0.25, 0.3) is 0 Å². The van der Waals surface area contributed by atoms with Crippen molar-refractivity contribution in [3.8, 4) is 0 Å². The van der Waals surface area contributed by atoms with Crippen LogP contribution >= 0.6 is 7.60 Å². The SMILES string of the molecule is CCCC(C(F)(F)F)P(=O)([O-])[O-]. The molecule has 0 fully saturated rings. The van der Waals surface area contributed by atoms with Crippen LogP contribution in [0.5, 0.6) is 0 Å². The third kappa shape index (κ3) is 3.56. The lowest BCUT2D eigenvalue weighted by Crippen LogP contribution is -2.37. The molecular formula is C5H8F3O3P-2. The van der Waals surface area contributed by atoms with Gasteiger partial charge < -0.3 is 14.4 Å². The van der Waals surface area contributed by atoms with E-state index in [0.29, 0.717) is 0 Å². The Morgan fingerprint density at radius 1 is 1.42 bits per heavy atom. The van der Waals surface area contributed by atoms with E-state index in [9.17, 15) is 27.5 Å². The molecule has 0 bridgehead atoms. The summed E-state index contributed by atoms with van der Waals surface area (Å²) in [6.45, 7) is 1.38. The summed E-state index contributed by atoms with van der Waals surface area (Å²) in [5.74, 6) is 0. The van der Waals surface area contributed by atoms with Crippen LogP contribution in [0.25, 0.3) is 0 Å². The van der Waals surface area contributed by atoms with Gasteiger partial charge in [0.1, 0.15) is 0 Å². The summed E-state index contributed by atoms with van der Waals surface area (Å²) in [6, 6.07) is 0. The molecule has 1 unspecified atom stereocenters. The molecule has 74 valence electrons. The van der Waals surface area contributed by atoms with Gasteiger partial charge in [-0.2, -0.15) is 13.2 Å². The zero-order chi connectivity index (χ0) is 9.99. The molecule has 1 atom stereocenters. The quantitative estimate of drug-likeness (QED) is 0.633. The number of hydrogen-bond acceptors (Lipinski definition) is 3. The molecule has 0 aliphatic carbocycles. The van der Waals surface area contributed by atoms with E-state index >= 15 is 0 Å². The summed E-state index contributed by atoms with van der Waals surface area (Å²) >= 11 is 0. The summed E-state index contributed by atoms with van der Waals surface area (Å²) in [5, 5.41) is 0. The number of alkyl halides is 3. The summed E-state index contributed by atoms with van der Waals surface area (Å²) in [5.41, 5.74) is -2.73. The topological polar surface area (TPSA) is 63.2 Å². The molecule has 7 heteroatoms. The van der Waals surface area contributed by atoms with Crippen LogP contribution in [0.4, 0.5) is 13.2 Å². The minimum absolute atomic E-state index is 0.0125. The molecule has 0 spiro atoms. The van der Waals surface area contributed by atoms with Crippen LogP contribution in [-0.4, -0.2) is 11.8 Å². The van der Waals surface area contributed by atoms with Crippen LogP contribution < -0.4 is 9.79 Å². The van der Waals surface area contributed by atoms with Crippen LogP contribution in [0.3, 0.4) is 0 Å². The second-order valence-corrected chi connectivity index (χ2v) is 4.09. The van der Waals surface area contributed by atoms with Gasteiger partial charge in [0.2, 0.25) is 0 Å². The van der Waals surface area contributed by atoms with Gasteiger partial charge in [0.15, 0.2) is 0 Å². The van der Waals surface area contributed by atoms with E-state index in [1.165, 1.54) is 6.92 Å². The fourth-order valence-electron chi connectivity index (χ4n) is 0.774. The van der Waals surface area contributed by atoms with E-state index in [1.807, 2.05) is 0 Å². The molecule has 0 saturated carbocycles. The monoisotopic (exact) mass is 204 g/mol. The maximum Gasteiger partial charge on any atom is 0.396 e. The van der Waals surface area contributed by atoms with Crippen molar-refractivity contribution in [1.29, 1.82) is 0 Å². The van der Waals surface area contributed by atoms with Crippen LogP contribution in [-0.2, 0) is 4.57 Å². The predicted octanol–water partition coefficient (Wildman–Crippen LogP) is 0.631. The lowest BCUT2D eigenvalue weighted by molar-refractivity contribution is -0.324. The van der Waals surface area contributed by atoms with E-state index in [1.54, 1.807) is 0 Å². The minimum atomic E-state index is -5.54. The highest BCUT2D eigenvalue weighted by atomic mass is 31.2. The van der Waals surface area contributed by atoms with Crippen LogP contribution in [0.15, 0.2) is 0 Å². The standard InChI is InChI=1S/C5H10F3O3P/c1-2-3-4(5(6,7)8)12(9,10)11/h4H,2-3H2,1H3,(H2,9,10,11)/p-2. The van der Waals surface area contributed by atoms with E-state index < -0.39 is 25.9 Å². The zero-order valence-corrected chi connectivity index (χ0v) is 7.19. The fourth-order valence-corrected chi connectivity index (χ4v) is 1.71. The molecule has 0 radical (unpaired) electrons. The highest BCUT2D eigenvalue weighted by molar-refractivity contribution is 7.49. The first kappa shape index (κ1) is 11.9. The molecule has 0 aliphatic heterocycles. The van der Waals surface area contributed by atoms with Gasteiger partial charge in [-0.1, -0.05) is 20.9 Å². The molecule has 0 rings (SSSR count). The maximum absolute atomic E-state index is 11.8. The second kappa shape index (κ2) is 3.77. The Bertz CT molecular complexity index is 185. The molecule has 0 amide bonds. The highest BCUT2D eigenvalue weighted by Crippen LogP contribution is 2.44. The number of hydrogen-bond donors (Lipinski definition) is 0. The summed E-state index contributed by atoms with van der Waals surface area (Å²) in [6.07, 6.45) is -5.58. The molecule has 3 nitrogen and oxygen atoms in total. The van der Waals surface area contributed by atoms with Crippen molar-refractivity contribution in [2.24, 2.45) is 0 Å². The highest BCUT2D eigenvalue weighted by Gasteiger charge is 2.40. The van der Waals surface area contributed by atoms with E-state index in [2.05, 4.69) is 0 Å². The summed E-state index contributed by atoms with van der Waals surface area (Å²) < 4.78 is 45.6. The normalized spacial score (nSPS) is 16.2.